The first-order valence-electron chi connectivity index (χ1n) is 14.6. The molecule has 0 radical (unpaired) electrons. The van der Waals surface area contributed by atoms with Gasteiger partial charge in [-0.3, -0.25) is 10.00 Å². The Balaban J connectivity index is 0.000000272. The number of fused-ring (bicyclic) bond motifs is 5. The molecule has 2 aromatic heterocycles. The Kier molecular flexibility index (Phi) is 7.37. The van der Waals surface area contributed by atoms with Gasteiger partial charge in [-0.25, -0.2) is 8.78 Å². The number of H-pyrrole nitrogens is 1. The third kappa shape index (κ3) is 4.86. The van der Waals surface area contributed by atoms with Crippen molar-refractivity contribution < 1.29 is 13.5 Å². The van der Waals surface area contributed by atoms with Crippen LogP contribution in [-0.4, -0.2) is 82.7 Å². The van der Waals surface area contributed by atoms with Crippen molar-refractivity contribution in [2.75, 3.05) is 38.2 Å². The van der Waals surface area contributed by atoms with Crippen molar-refractivity contribution in [3.8, 4) is 17.1 Å². The fourth-order valence-electron chi connectivity index (χ4n) is 7.20. The summed E-state index contributed by atoms with van der Waals surface area (Å²) < 4.78 is 34.2. The lowest BCUT2D eigenvalue weighted by atomic mass is 9.95. The minimum Gasteiger partial charge on any atom is -0.467 e. The number of halogens is 4. The maximum Gasteiger partial charge on any atom is 0.318 e. The van der Waals surface area contributed by atoms with Crippen molar-refractivity contribution in [3.05, 3.63) is 39.8 Å². The number of hydrogen-bond donors (Lipinski definition) is 2. The van der Waals surface area contributed by atoms with E-state index in [9.17, 15) is 4.39 Å². The zero-order chi connectivity index (χ0) is 29.1. The molecule has 0 amide bonds. The van der Waals surface area contributed by atoms with E-state index in [1.807, 2.05) is 6.92 Å². The fraction of sp³-hybridized carbons (Fsp3) is 0.500. The second-order valence-electron chi connectivity index (χ2n) is 11.8. The van der Waals surface area contributed by atoms with Crippen molar-refractivity contribution in [1.29, 1.82) is 0 Å². The van der Waals surface area contributed by atoms with E-state index in [0.717, 1.165) is 44.3 Å². The molecule has 2 N–H and O–H groups in total. The molecule has 4 aromatic rings. The van der Waals surface area contributed by atoms with Gasteiger partial charge in [-0.2, -0.15) is 15.1 Å². The predicted molar refractivity (Wildman–Crippen MR) is 162 cm³/mol. The Morgan fingerprint density at radius 2 is 1.79 bits per heavy atom. The summed E-state index contributed by atoms with van der Waals surface area (Å²) in [6, 6.07) is 5.04. The molecule has 42 heavy (non-hydrogen) atoms. The van der Waals surface area contributed by atoms with Crippen LogP contribution in [0.1, 0.15) is 37.7 Å². The summed E-state index contributed by atoms with van der Waals surface area (Å²) in [5.74, 6) is 0.101. The minimum absolute atomic E-state index is 0.117. The lowest BCUT2D eigenvalue weighted by Gasteiger charge is -2.34. The number of nitrogens with zero attached hydrogens (tertiary/aromatic N) is 5. The first-order chi connectivity index (χ1) is 20.3. The molecular formula is C30H33Cl2F2N7O. The Bertz CT molecular complexity index is 1640. The normalized spacial score (nSPS) is 25.2. The third-order valence-electron chi connectivity index (χ3n) is 9.19. The number of rotatable bonds is 3. The molecule has 4 saturated heterocycles. The third-order valence-corrected chi connectivity index (χ3v) is 9.88. The lowest BCUT2D eigenvalue weighted by Crippen LogP contribution is -2.51. The molecule has 222 valence electrons. The van der Waals surface area contributed by atoms with E-state index < -0.39 is 12.0 Å². The minimum atomic E-state index is -0.537. The molecule has 8 rings (SSSR count). The molecule has 0 aliphatic carbocycles. The summed E-state index contributed by atoms with van der Waals surface area (Å²) in [5, 5.41) is 12.7. The van der Waals surface area contributed by atoms with Gasteiger partial charge in [0.05, 0.1) is 23.8 Å². The maximum atomic E-state index is 16.3. The molecule has 0 saturated carbocycles. The van der Waals surface area contributed by atoms with Crippen molar-refractivity contribution in [2.45, 2.75) is 63.3 Å². The Hall–Kier alpha value is -2.79. The molecule has 0 spiro atoms. The number of piperazine rings is 1. The zero-order valence-electron chi connectivity index (χ0n) is 23.6. The molecule has 4 unspecified atom stereocenters. The average molecular weight is 617 g/mol. The fourth-order valence-corrected chi connectivity index (χ4v) is 7.69. The molecule has 4 aliphatic heterocycles. The monoisotopic (exact) mass is 615 g/mol. The quantitative estimate of drug-likeness (QED) is 0.289. The highest BCUT2D eigenvalue weighted by atomic mass is 35.5. The van der Waals surface area contributed by atoms with Gasteiger partial charge in [0.25, 0.3) is 0 Å². The van der Waals surface area contributed by atoms with Crippen molar-refractivity contribution in [2.24, 2.45) is 0 Å². The number of ether oxygens (including phenoxy) is 1. The van der Waals surface area contributed by atoms with Gasteiger partial charge in [0.1, 0.15) is 17.5 Å². The van der Waals surface area contributed by atoms with Crippen LogP contribution in [0, 0.1) is 12.7 Å². The first kappa shape index (κ1) is 28.0. The van der Waals surface area contributed by atoms with E-state index in [-0.39, 0.29) is 22.1 Å². The van der Waals surface area contributed by atoms with Crippen LogP contribution in [0.25, 0.3) is 32.9 Å². The van der Waals surface area contributed by atoms with Gasteiger partial charge in [0.15, 0.2) is 5.82 Å². The highest BCUT2D eigenvalue weighted by Gasteiger charge is 2.35. The number of hydrogen-bond acceptors (Lipinski definition) is 7. The van der Waals surface area contributed by atoms with Gasteiger partial charge in [0, 0.05) is 64.7 Å². The number of alkyl halides is 1. The van der Waals surface area contributed by atoms with Crippen LogP contribution in [-0.2, 0) is 0 Å². The molecule has 12 heteroatoms. The molecule has 2 bridgehead atoms. The number of benzene rings is 2. The van der Waals surface area contributed by atoms with E-state index in [1.165, 1.54) is 20.0 Å². The molecular weight excluding hydrogens is 583 g/mol. The summed E-state index contributed by atoms with van der Waals surface area (Å²) in [7, 11) is 1.48. The summed E-state index contributed by atoms with van der Waals surface area (Å²) >= 11 is 13.2. The Labute approximate surface area is 252 Å². The Morgan fingerprint density at radius 3 is 2.52 bits per heavy atom. The van der Waals surface area contributed by atoms with E-state index in [1.54, 1.807) is 18.3 Å². The average Bonchev–Trinajstić information content (AvgIpc) is 3.76. The van der Waals surface area contributed by atoms with Crippen LogP contribution in [0.5, 0.6) is 6.01 Å². The van der Waals surface area contributed by atoms with Gasteiger partial charge in [-0.15, -0.1) is 0 Å². The number of nitrogens with one attached hydrogen (secondary N) is 2. The summed E-state index contributed by atoms with van der Waals surface area (Å²) in [4.78, 5) is 13.4. The van der Waals surface area contributed by atoms with Gasteiger partial charge >= 0.3 is 6.01 Å². The molecule has 4 atom stereocenters. The van der Waals surface area contributed by atoms with E-state index in [4.69, 9.17) is 27.9 Å². The number of methoxy groups -OCH3 is 1. The highest BCUT2D eigenvalue weighted by molar-refractivity contribution is 6.36. The van der Waals surface area contributed by atoms with Crippen molar-refractivity contribution in [3.63, 3.8) is 0 Å². The second kappa shape index (κ2) is 11.0. The van der Waals surface area contributed by atoms with E-state index in [2.05, 4.69) is 35.3 Å². The number of aromatic amines is 1. The number of anilines is 1. The summed E-state index contributed by atoms with van der Waals surface area (Å²) in [6.07, 6.45) is 6.70. The highest BCUT2D eigenvalue weighted by Crippen LogP contribution is 2.44. The molecule has 6 heterocycles. The van der Waals surface area contributed by atoms with E-state index >= 15 is 4.39 Å². The number of aromatic nitrogens is 4. The van der Waals surface area contributed by atoms with Gasteiger partial charge in [-0.05, 0) is 63.3 Å². The van der Waals surface area contributed by atoms with Gasteiger partial charge < -0.3 is 15.0 Å². The second-order valence-corrected chi connectivity index (χ2v) is 12.6. The van der Waals surface area contributed by atoms with Crippen molar-refractivity contribution >= 4 is 50.8 Å². The largest absolute Gasteiger partial charge is 0.467 e. The van der Waals surface area contributed by atoms with Crippen LogP contribution in [0.3, 0.4) is 0 Å². The van der Waals surface area contributed by atoms with Crippen LogP contribution >= 0.6 is 23.2 Å². The standard InChI is InChI=1S/C23H21Cl2FN6O.C7H12FN/c1-10-15(24)6-17-14(7-27-31-17)18(10)19-16(25)5-13-21(20(19)26)29-23(33-2)30-22(13)32-8-11-3-4-12(9-32)28-11;8-6-4-7-2-1-3-9(7)5-6/h5-7,11-12,28H,3-4,8-9H2,1-2H3,(H,27,31);6-7H,1-5H2. The smallest absolute Gasteiger partial charge is 0.318 e. The first-order valence-corrected chi connectivity index (χ1v) is 15.3. The van der Waals surface area contributed by atoms with Crippen LogP contribution in [0.2, 0.25) is 10.0 Å². The molecule has 4 fully saturated rings. The van der Waals surface area contributed by atoms with Crippen LogP contribution in [0.4, 0.5) is 14.6 Å². The van der Waals surface area contributed by atoms with E-state index in [0.29, 0.717) is 57.5 Å². The maximum absolute atomic E-state index is 16.3. The van der Waals surface area contributed by atoms with Gasteiger partial charge in [0.2, 0.25) is 0 Å². The van der Waals surface area contributed by atoms with Crippen molar-refractivity contribution in [1.82, 2.24) is 30.4 Å². The van der Waals surface area contributed by atoms with Crippen LogP contribution in [0.15, 0.2) is 18.3 Å². The van der Waals surface area contributed by atoms with Crippen LogP contribution < -0.4 is 15.0 Å². The van der Waals surface area contributed by atoms with Gasteiger partial charge in [-0.1, -0.05) is 23.2 Å². The molecule has 2 aromatic carbocycles. The zero-order valence-corrected chi connectivity index (χ0v) is 25.1. The lowest BCUT2D eigenvalue weighted by molar-refractivity contribution is 0.292. The molecule has 8 nitrogen and oxygen atoms in total. The topological polar surface area (TPSA) is 82.2 Å². The molecule has 4 aliphatic rings. The summed E-state index contributed by atoms with van der Waals surface area (Å²) in [6.45, 7) is 5.27. The Morgan fingerprint density at radius 1 is 1.00 bits per heavy atom. The summed E-state index contributed by atoms with van der Waals surface area (Å²) in [5.41, 5.74) is 2.41. The predicted octanol–water partition coefficient (Wildman–Crippen LogP) is 6.07. The SMILES string of the molecule is COc1nc(N2CC3CCC(C2)N3)c2cc(Cl)c(-c3c(C)c(Cl)cc4[nH]ncc34)c(F)c2n1.FC1CC2CCCN2C1.